The first-order valence-electron chi connectivity index (χ1n) is 6.00. The summed E-state index contributed by atoms with van der Waals surface area (Å²) >= 11 is 0. The van der Waals surface area contributed by atoms with Gasteiger partial charge in [-0.3, -0.25) is 14.9 Å². The molecule has 2 amide bonds. The van der Waals surface area contributed by atoms with Gasteiger partial charge in [-0.2, -0.15) is 0 Å². The standard InChI is InChI=1S/C14H11NO3/c16-12-10-9-6-7-14(18-9,11(10)13(17)15-12)8-4-2-1-3-5-8/h1-7,9-11H,(H,15,16,17). The third-order valence-corrected chi connectivity index (χ3v) is 4.10. The quantitative estimate of drug-likeness (QED) is 0.583. The summed E-state index contributed by atoms with van der Waals surface area (Å²) in [6.07, 6.45) is 3.54. The van der Waals surface area contributed by atoms with Crippen LogP contribution in [0.1, 0.15) is 5.56 Å². The molecule has 3 aliphatic heterocycles. The molecule has 3 heterocycles. The van der Waals surface area contributed by atoms with Crippen LogP contribution in [0.2, 0.25) is 0 Å². The molecule has 2 fully saturated rings. The molecule has 1 N–H and O–H groups in total. The van der Waals surface area contributed by atoms with Crippen LogP contribution in [-0.2, 0) is 19.9 Å². The van der Waals surface area contributed by atoms with Crippen LogP contribution in [0, 0.1) is 11.8 Å². The van der Waals surface area contributed by atoms with Crippen LogP contribution >= 0.6 is 0 Å². The lowest BCUT2D eigenvalue weighted by Gasteiger charge is -2.28. The van der Waals surface area contributed by atoms with Crippen molar-refractivity contribution < 1.29 is 14.3 Å². The summed E-state index contributed by atoms with van der Waals surface area (Å²) in [7, 11) is 0. The van der Waals surface area contributed by atoms with E-state index in [2.05, 4.69) is 5.32 Å². The molecule has 90 valence electrons. The third kappa shape index (κ3) is 0.996. The molecule has 0 spiro atoms. The Morgan fingerprint density at radius 2 is 1.89 bits per heavy atom. The Morgan fingerprint density at radius 3 is 2.67 bits per heavy atom. The maximum absolute atomic E-state index is 12.0. The van der Waals surface area contributed by atoms with Crippen molar-refractivity contribution in [3.8, 4) is 0 Å². The van der Waals surface area contributed by atoms with E-state index in [4.69, 9.17) is 4.74 Å². The first-order chi connectivity index (χ1) is 8.72. The fraction of sp³-hybridized carbons (Fsp3) is 0.286. The average Bonchev–Trinajstić information content (AvgIpc) is 3.03. The fourth-order valence-corrected chi connectivity index (χ4v) is 3.35. The van der Waals surface area contributed by atoms with Gasteiger partial charge in [0.1, 0.15) is 5.60 Å². The number of hydrogen-bond donors (Lipinski definition) is 1. The van der Waals surface area contributed by atoms with Crippen LogP contribution in [0.3, 0.4) is 0 Å². The van der Waals surface area contributed by atoms with Gasteiger partial charge in [0, 0.05) is 0 Å². The van der Waals surface area contributed by atoms with Gasteiger partial charge in [0.25, 0.3) is 0 Å². The predicted octanol–water partition coefficient (Wildman–Crippen LogP) is 0.739. The van der Waals surface area contributed by atoms with Crippen molar-refractivity contribution in [2.24, 2.45) is 11.8 Å². The second-order valence-electron chi connectivity index (χ2n) is 4.96. The first kappa shape index (κ1) is 10.0. The molecule has 4 unspecified atom stereocenters. The summed E-state index contributed by atoms with van der Waals surface area (Å²) in [5.41, 5.74) is 0.174. The van der Waals surface area contributed by atoms with E-state index in [9.17, 15) is 9.59 Å². The first-order valence-corrected chi connectivity index (χ1v) is 6.00. The topological polar surface area (TPSA) is 55.4 Å². The molecule has 1 aromatic rings. The number of carbonyl (C=O) groups is 2. The highest BCUT2D eigenvalue weighted by molar-refractivity contribution is 6.07. The zero-order chi connectivity index (χ0) is 12.3. The molecule has 4 nitrogen and oxygen atoms in total. The number of carbonyl (C=O) groups excluding carboxylic acids is 2. The second kappa shape index (κ2) is 3.09. The van der Waals surface area contributed by atoms with Crippen molar-refractivity contribution >= 4 is 11.8 Å². The Hall–Kier alpha value is -1.94. The van der Waals surface area contributed by atoms with Gasteiger partial charge in [0.05, 0.1) is 17.9 Å². The molecule has 18 heavy (non-hydrogen) atoms. The largest absolute Gasteiger partial charge is 0.357 e. The van der Waals surface area contributed by atoms with E-state index in [0.29, 0.717) is 0 Å². The van der Waals surface area contributed by atoms with E-state index < -0.39 is 11.5 Å². The van der Waals surface area contributed by atoms with Crippen molar-refractivity contribution in [1.29, 1.82) is 0 Å². The van der Waals surface area contributed by atoms with Crippen molar-refractivity contribution in [3.63, 3.8) is 0 Å². The summed E-state index contributed by atoms with van der Waals surface area (Å²) in [5, 5.41) is 2.42. The van der Waals surface area contributed by atoms with Gasteiger partial charge < -0.3 is 4.74 Å². The Labute approximate surface area is 104 Å². The molecule has 0 aliphatic carbocycles. The summed E-state index contributed by atoms with van der Waals surface area (Å²) in [6, 6.07) is 9.62. The summed E-state index contributed by atoms with van der Waals surface area (Å²) in [6.45, 7) is 0. The van der Waals surface area contributed by atoms with Crippen molar-refractivity contribution in [2.45, 2.75) is 11.7 Å². The number of hydrogen-bond acceptors (Lipinski definition) is 3. The van der Waals surface area contributed by atoms with Gasteiger partial charge in [0.15, 0.2) is 0 Å². The molecule has 4 atom stereocenters. The molecule has 0 radical (unpaired) electrons. The average molecular weight is 241 g/mol. The van der Waals surface area contributed by atoms with E-state index in [-0.39, 0.29) is 23.8 Å². The second-order valence-corrected chi connectivity index (χ2v) is 4.96. The number of imide groups is 1. The Kier molecular flexibility index (Phi) is 1.72. The zero-order valence-electron chi connectivity index (χ0n) is 9.50. The lowest BCUT2D eigenvalue weighted by molar-refractivity contribution is -0.130. The minimum atomic E-state index is -0.757. The van der Waals surface area contributed by atoms with Gasteiger partial charge in [-0.15, -0.1) is 0 Å². The smallest absolute Gasteiger partial charge is 0.234 e. The van der Waals surface area contributed by atoms with Gasteiger partial charge in [-0.1, -0.05) is 36.4 Å². The number of nitrogens with one attached hydrogen (secondary N) is 1. The van der Waals surface area contributed by atoms with Crippen LogP contribution in [-0.4, -0.2) is 17.9 Å². The van der Waals surface area contributed by atoms with Gasteiger partial charge in [-0.25, -0.2) is 0 Å². The van der Waals surface area contributed by atoms with Gasteiger partial charge in [0.2, 0.25) is 11.8 Å². The van der Waals surface area contributed by atoms with Crippen LogP contribution in [0.5, 0.6) is 0 Å². The fourth-order valence-electron chi connectivity index (χ4n) is 3.35. The van der Waals surface area contributed by atoms with Gasteiger partial charge in [-0.05, 0) is 11.6 Å². The van der Waals surface area contributed by atoms with E-state index >= 15 is 0 Å². The van der Waals surface area contributed by atoms with Crippen molar-refractivity contribution in [1.82, 2.24) is 5.32 Å². The van der Waals surface area contributed by atoms with E-state index in [1.807, 2.05) is 42.5 Å². The highest BCUT2D eigenvalue weighted by atomic mass is 16.5. The summed E-state index contributed by atoms with van der Waals surface area (Å²) < 4.78 is 5.96. The van der Waals surface area contributed by atoms with Gasteiger partial charge >= 0.3 is 0 Å². The highest BCUT2D eigenvalue weighted by Gasteiger charge is 2.65. The van der Waals surface area contributed by atoms with Crippen LogP contribution in [0.15, 0.2) is 42.5 Å². The molecule has 0 aromatic heterocycles. The Morgan fingerprint density at radius 1 is 1.11 bits per heavy atom. The summed E-state index contributed by atoms with van der Waals surface area (Å²) in [4.78, 5) is 23.8. The maximum Gasteiger partial charge on any atom is 0.234 e. The Balaban J connectivity index is 1.90. The normalized spacial score (nSPS) is 40.1. The molecular formula is C14H11NO3. The molecule has 2 saturated heterocycles. The van der Waals surface area contributed by atoms with Crippen LogP contribution in [0.25, 0.3) is 0 Å². The molecule has 1 aromatic carbocycles. The minimum absolute atomic E-state index is 0.211. The molecule has 2 bridgehead atoms. The molecule has 3 aliphatic rings. The van der Waals surface area contributed by atoms with E-state index in [1.54, 1.807) is 0 Å². The molecule has 4 rings (SSSR count). The number of fused-ring (bicyclic) bond motifs is 5. The predicted molar refractivity (Wildman–Crippen MR) is 62.3 cm³/mol. The lowest BCUT2D eigenvalue weighted by Crippen LogP contribution is -2.36. The minimum Gasteiger partial charge on any atom is -0.357 e. The van der Waals surface area contributed by atoms with E-state index in [0.717, 1.165) is 5.56 Å². The zero-order valence-corrected chi connectivity index (χ0v) is 9.50. The number of amides is 2. The molecular weight excluding hydrogens is 230 g/mol. The SMILES string of the molecule is O=C1NC(=O)C2C1C1C=CC2(c2ccccc2)O1. The van der Waals surface area contributed by atoms with Crippen LogP contribution in [0.4, 0.5) is 0 Å². The summed E-state index contributed by atoms with van der Waals surface area (Å²) in [5.74, 6) is -1.23. The van der Waals surface area contributed by atoms with Crippen LogP contribution < -0.4 is 5.32 Å². The van der Waals surface area contributed by atoms with Crippen molar-refractivity contribution in [2.75, 3.05) is 0 Å². The molecule has 0 saturated carbocycles. The monoisotopic (exact) mass is 241 g/mol. The number of rotatable bonds is 1. The number of benzene rings is 1. The lowest BCUT2D eigenvalue weighted by atomic mass is 9.73. The van der Waals surface area contributed by atoms with E-state index in [1.165, 1.54) is 0 Å². The van der Waals surface area contributed by atoms with Crippen molar-refractivity contribution in [3.05, 3.63) is 48.0 Å². The number of ether oxygens (including phenoxy) is 1. The highest BCUT2D eigenvalue weighted by Crippen LogP contribution is 2.54. The third-order valence-electron chi connectivity index (χ3n) is 4.10. The Bertz CT molecular complexity index is 580. The molecule has 4 heteroatoms. The maximum atomic E-state index is 12.0.